The number of hydrogen-bond donors (Lipinski definition) is 3. The predicted octanol–water partition coefficient (Wildman–Crippen LogP) is 4.46. The van der Waals surface area contributed by atoms with Crippen LogP contribution in [0.15, 0.2) is 18.2 Å². The lowest BCUT2D eigenvalue weighted by Crippen LogP contribution is -2.61. The second kappa shape index (κ2) is 11.9. The Morgan fingerprint density at radius 3 is 2.26 bits per heavy atom. The first-order valence-electron chi connectivity index (χ1n) is 14.3. The monoisotopic (exact) mass is 546 g/mol. The van der Waals surface area contributed by atoms with E-state index >= 15 is 0 Å². The molecule has 0 bridgehead atoms. The smallest absolute Gasteiger partial charge is 0.411 e. The van der Waals surface area contributed by atoms with Gasteiger partial charge in [-0.15, -0.1) is 0 Å². The third-order valence-electron chi connectivity index (χ3n) is 10.1. The van der Waals surface area contributed by atoms with Gasteiger partial charge in [0.05, 0.1) is 32.6 Å². The molecule has 1 heterocycles. The highest BCUT2D eigenvalue weighted by molar-refractivity contribution is 5.85. The van der Waals surface area contributed by atoms with Crippen molar-refractivity contribution in [3.8, 4) is 11.5 Å². The van der Waals surface area contributed by atoms with Gasteiger partial charge in [-0.1, -0.05) is 20.8 Å². The third-order valence-corrected chi connectivity index (χ3v) is 10.1. The summed E-state index contributed by atoms with van der Waals surface area (Å²) in [5.41, 5.74) is -0.586. The molecule has 1 aromatic rings. The van der Waals surface area contributed by atoms with Gasteiger partial charge in [0, 0.05) is 43.1 Å². The van der Waals surface area contributed by atoms with Gasteiger partial charge in [-0.2, -0.15) is 0 Å². The number of nitrogens with one attached hydrogen (secondary N) is 1. The fourth-order valence-electron chi connectivity index (χ4n) is 7.51. The summed E-state index contributed by atoms with van der Waals surface area (Å²) in [6.07, 6.45) is 3.17. The lowest BCUT2D eigenvalue weighted by atomic mass is 9.46. The summed E-state index contributed by atoms with van der Waals surface area (Å²) in [5.74, 6) is 1.62. The van der Waals surface area contributed by atoms with Gasteiger partial charge in [-0.05, 0) is 61.7 Å². The van der Waals surface area contributed by atoms with Crippen LogP contribution in [0.3, 0.4) is 0 Å². The highest BCUT2D eigenvalue weighted by Crippen LogP contribution is 2.61. The largest absolute Gasteiger partial charge is 0.497 e. The van der Waals surface area contributed by atoms with Crippen molar-refractivity contribution in [3.05, 3.63) is 18.2 Å². The number of nitrogens with zero attached hydrogens (tertiary/aromatic N) is 1. The number of rotatable bonds is 7. The van der Waals surface area contributed by atoms with Crippen molar-refractivity contribution >= 4 is 17.7 Å². The Labute approximate surface area is 232 Å². The van der Waals surface area contributed by atoms with Crippen LogP contribution in [0.1, 0.15) is 65.7 Å². The van der Waals surface area contributed by atoms with E-state index in [2.05, 4.69) is 19.2 Å². The van der Waals surface area contributed by atoms with E-state index in [9.17, 15) is 19.8 Å². The van der Waals surface area contributed by atoms with Gasteiger partial charge in [0.25, 0.3) is 0 Å². The summed E-state index contributed by atoms with van der Waals surface area (Å²) in [6.45, 7) is 7.76. The Morgan fingerprint density at radius 1 is 1.03 bits per heavy atom. The normalized spacial score (nSPS) is 33.2. The summed E-state index contributed by atoms with van der Waals surface area (Å²) < 4.78 is 16.5. The number of hydrogen-bond acceptors (Lipinski definition) is 7. The molecule has 2 saturated carbocycles. The number of aliphatic hydroxyl groups excluding tert-OH is 2. The molecule has 2 amide bonds. The second-order valence-electron chi connectivity index (χ2n) is 12.4. The molecule has 3 fully saturated rings. The minimum absolute atomic E-state index is 0.0129. The third kappa shape index (κ3) is 5.99. The Kier molecular flexibility index (Phi) is 9.01. The zero-order valence-corrected chi connectivity index (χ0v) is 24.1. The Balaban J connectivity index is 1.48. The van der Waals surface area contributed by atoms with Crippen LogP contribution in [0.5, 0.6) is 11.5 Å². The summed E-state index contributed by atoms with van der Waals surface area (Å²) in [6, 6.07) is 5.08. The number of amides is 2. The zero-order valence-electron chi connectivity index (χ0n) is 24.1. The quantitative estimate of drug-likeness (QED) is 0.462. The molecule has 6 unspecified atom stereocenters. The average molecular weight is 547 g/mol. The van der Waals surface area contributed by atoms with Crippen molar-refractivity contribution in [2.75, 3.05) is 39.2 Å². The molecule has 1 aliphatic heterocycles. The lowest BCUT2D eigenvalue weighted by Gasteiger charge is -2.60. The number of anilines is 1. The van der Waals surface area contributed by atoms with Crippen LogP contribution < -0.4 is 14.8 Å². The van der Waals surface area contributed by atoms with Gasteiger partial charge in [0.2, 0.25) is 5.91 Å². The van der Waals surface area contributed by atoms with E-state index in [4.69, 9.17) is 14.2 Å². The SMILES string of the molecule is COc1cc(NC(=O)OC2CCC3(C)C(CC(=O)N4CCC(C)CC4)C(O)CCC3C2(C)CO)cc(OC)c1. The van der Waals surface area contributed by atoms with Crippen LogP contribution in [-0.2, 0) is 9.53 Å². The average Bonchev–Trinajstić information content (AvgIpc) is 2.92. The number of benzene rings is 1. The number of likely N-dealkylation sites (tertiary alicyclic amines) is 1. The van der Waals surface area contributed by atoms with Gasteiger partial charge in [-0.25, -0.2) is 4.79 Å². The standard InChI is InChI=1S/C30H46N2O7/c1-19-9-12-32(13-10-19)27(35)17-23-24(34)6-7-25-29(23,2)11-8-26(30(25,3)18-33)39-28(36)31-20-14-21(37-4)16-22(15-20)38-5/h14-16,19,23-26,33-34H,6-13,17-18H2,1-5H3,(H,31,36). The van der Waals surface area contributed by atoms with Crippen molar-refractivity contribution in [1.29, 1.82) is 0 Å². The maximum atomic E-state index is 13.3. The van der Waals surface area contributed by atoms with Crippen molar-refractivity contribution in [2.45, 2.75) is 77.9 Å². The number of aliphatic hydroxyl groups is 2. The maximum absolute atomic E-state index is 13.3. The predicted molar refractivity (Wildman–Crippen MR) is 148 cm³/mol. The molecule has 2 aliphatic carbocycles. The van der Waals surface area contributed by atoms with E-state index < -0.39 is 23.7 Å². The summed E-state index contributed by atoms with van der Waals surface area (Å²) in [5, 5.41) is 24.6. The van der Waals surface area contributed by atoms with Crippen LogP contribution in [0.25, 0.3) is 0 Å². The lowest BCUT2D eigenvalue weighted by molar-refractivity contribution is -0.186. The molecule has 39 heavy (non-hydrogen) atoms. The van der Waals surface area contributed by atoms with E-state index in [0.29, 0.717) is 55.2 Å². The molecule has 3 aliphatic rings. The highest BCUT2D eigenvalue weighted by Gasteiger charge is 2.60. The maximum Gasteiger partial charge on any atom is 0.411 e. The Morgan fingerprint density at radius 2 is 1.67 bits per heavy atom. The van der Waals surface area contributed by atoms with Crippen molar-refractivity contribution < 1.29 is 34.0 Å². The molecule has 0 radical (unpaired) electrons. The van der Waals surface area contributed by atoms with Gasteiger partial charge in [0.15, 0.2) is 0 Å². The number of fused-ring (bicyclic) bond motifs is 1. The van der Waals surface area contributed by atoms with E-state index in [0.717, 1.165) is 25.9 Å². The zero-order chi connectivity index (χ0) is 28.4. The van der Waals surface area contributed by atoms with Crippen LogP contribution in [0.4, 0.5) is 10.5 Å². The Bertz CT molecular complexity index is 1000. The molecular weight excluding hydrogens is 500 g/mol. The molecule has 3 N–H and O–H groups in total. The molecule has 0 aromatic heterocycles. The van der Waals surface area contributed by atoms with Crippen molar-refractivity contribution in [1.82, 2.24) is 4.90 Å². The van der Waals surface area contributed by atoms with Gasteiger partial charge in [0.1, 0.15) is 17.6 Å². The number of piperidine rings is 1. The van der Waals surface area contributed by atoms with Crippen LogP contribution in [0, 0.1) is 28.6 Å². The van der Waals surface area contributed by atoms with Crippen LogP contribution >= 0.6 is 0 Å². The highest BCUT2D eigenvalue weighted by atomic mass is 16.6. The molecule has 218 valence electrons. The number of carbonyl (C=O) groups excluding carboxylic acids is 2. The van der Waals surface area contributed by atoms with E-state index in [1.807, 2.05) is 11.8 Å². The summed E-state index contributed by atoms with van der Waals surface area (Å²) in [4.78, 5) is 28.3. The second-order valence-corrected chi connectivity index (χ2v) is 12.4. The summed E-state index contributed by atoms with van der Waals surface area (Å²) in [7, 11) is 3.08. The number of ether oxygens (including phenoxy) is 3. The number of carbonyl (C=O) groups is 2. The fourth-order valence-corrected chi connectivity index (χ4v) is 7.51. The minimum atomic E-state index is -0.710. The summed E-state index contributed by atoms with van der Waals surface area (Å²) >= 11 is 0. The molecular formula is C30H46N2O7. The van der Waals surface area contributed by atoms with Gasteiger partial charge in [-0.3, -0.25) is 10.1 Å². The molecule has 6 atom stereocenters. The van der Waals surface area contributed by atoms with Crippen LogP contribution in [0.2, 0.25) is 0 Å². The first kappa shape index (κ1) is 29.5. The van der Waals surface area contributed by atoms with Crippen molar-refractivity contribution in [3.63, 3.8) is 0 Å². The molecule has 1 saturated heterocycles. The molecule has 0 spiro atoms. The first-order valence-corrected chi connectivity index (χ1v) is 14.3. The molecule has 9 heteroatoms. The topological polar surface area (TPSA) is 118 Å². The van der Waals surface area contributed by atoms with E-state index in [1.165, 1.54) is 14.2 Å². The molecule has 9 nitrogen and oxygen atoms in total. The van der Waals surface area contributed by atoms with Gasteiger partial charge < -0.3 is 29.3 Å². The fraction of sp³-hybridized carbons (Fsp3) is 0.733. The molecule has 1 aromatic carbocycles. The van der Waals surface area contributed by atoms with E-state index in [-0.39, 0.29) is 29.8 Å². The van der Waals surface area contributed by atoms with E-state index in [1.54, 1.807) is 18.2 Å². The Hall–Kier alpha value is -2.52. The molecule has 4 rings (SSSR count). The first-order chi connectivity index (χ1) is 18.5. The van der Waals surface area contributed by atoms with Crippen LogP contribution in [-0.4, -0.2) is 73.2 Å². The van der Waals surface area contributed by atoms with Crippen molar-refractivity contribution in [2.24, 2.45) is 28.6 Å². The number of methoxy groups -OCH3 is 2. The van der Waals surface area contributed by atoms with Gasteiger partial charge >= 0.3 is 6.09 Å². The minimum Gasteiger partial charge on any atom is -0.497 e.